The van der Waals surface area contributed by atoms with Gasteiger partial charge in [-0.15, -0.1) is 11.8 Å². The van der Waals surface area contributed by atoms with E-state index in [1.165, 1.54) is 0 Å². The van der Waals surface area contributed by atoms with Gasteiger partial charge in [0.25, 0.3) is 5.91 Å². The maximum absolute atomic E-state index is 12.0. The molecule has 1 amide bonds. The SMILES string of the molecule is CCC(C)NC(=O)c1ccc(SC)cc1OC. The summed E-state index contributed by atoms with van der Waals surface area (Å²) in [6.07, 6.45) is 2.91. The first-order chi connectivity index (χ1) is 8.12. The Morgan fingerprint density at radius 3 is 2.76 bits per heavy atom. The average Bonchev–Trinajstić information content (AvgIpc) is 2.37. The van der Waals surface area contributed by atoms with Crippen molar-refractivity contribution < 1.29 is 9.53 Å². The largest absolute Gasteiger partial charge is 0.496 e. The van der Waals surface area contributed by atoms with Crippen molar-refractivity contribution in [3.05, 3.63) is 23.8 Å². The molecule has 1 aromatic carbocycles. The zero-order chi connectivity index (χ0) is 12.8. The number of methoxy groups -OCH3 is 1. The first-order valence-corrected chi connectivity index (χ1v) is 6.87. The molecule has 0 saturated heterocycles. The lowest BCUT2D eigenvalue weighted by Gasteiger charge is -2.14. The predicted octanol–water partition coefficient (Wildman–Crippen LogP) is 2.95. The highest BCUT2D eigenvalue weighted by molar-refractivity contribution is 7.98. The third kappa shape index (κ3) is 3.66. The van der Waals surface area contributed by atoms with Crippen LogP contribution in [-0.4, -0.2) is 25.3 Å². The van der Waals surface area contributed by atoms with Crippen molar-refractivity contribution in [3.63, 3.8) is 0 Å². The molecular weight excluding hydrogens is 234 g/mol. The molecule has 1 unspecified atom stereocenters. The number of hydrogen-bond acceptors (Lipinski definition) is 3. The van der Waals surface area contributed by atoms with Crippen LogP contribution in [-0.2, 0) is 0 Å². The molecule has 1 rings (SSSR count). The lowest BCUT2D eigenvalue weighted by molar-refractivity contribution is 0.0936. The first kappa shape index (κ1) is 13.9. The van der Waals surface area contributed by atoms with Gasteiger partial charge in [-0.2, -0.15) is 0 Å². The van der Waals surface area contributed by atoms with Crippen molar-refractivity contribution in [2.75, 3.05) is 13.4 Å². The molecule has 3 nitrogen and oxygen atoms in total. The zero-order valence-corrected chi connectivity index (χ0v) is 11.6. The van der Waals surface area contributed by atoms with E-state index in [0.29, 0.717) is 11.3 Å². The molecule has 1 aromatic rings. The number of thioether (sulfide) groups is 1. The summed E-state index contributed by atoms with van der Waals surface area (Å²) in [4.78, 5) is 13.1. The van der Waals surface area contributed by atoms with Crippen LogP contribution in [0.4, 0.5) is 0 Å². The van der Waals surface area contributed by atoms with E-state index in [1.54, 1.807) is 18.9 Å². The van der Waals surface area contributed by atoms with Crippen LogP contribution in [0.25, 0.3) is 0 Å². The first-order valence-electron chi connectivity index (χ1n) is 5.65. The second kappa shape index (κ2) is 6.55. The minimum absolute atomic E-state index is 0.0798. The van der Waals surface area contributed by atoms with Crippen LogP contribution in [0.15, 0.2) is 23.1 Å². The van der Waals surface area contributed by atoms with Crippen LogP contribution >= 0.6 is 11.8 Å². The number of nitrogens with one attached hydrogen (secondary N) is 1. The molecule has 1 atom stereocenters. The molecule has 0 radical (unpaired) electrons. The van der Waals surface area contributed by atoms with Crippen molar-refractivity contribution in [1.29, 1.82) is 0 Å². The van der Waals surface area contributed by atoms with Crippen LogP contribution in [0, 0.1) is 0 Å². The monoisotopic (exact) mass is 253 g/mol. The van der Waals surface area contributed by atoms with Crippen LogP contribution in [0.3, 0.4) is 0 Å². The Hall–Kier alpha value is -1.16. The van der Waals surface area contributed by atoms with E-state index in [4.69, 9.17) is 4.74 Å². The lowest BCUT2D eigenvalue weighted by Crippen LogP contribution is -2.32. The number of carbonyl (C=O) groups excluding carboxylic acids is 1. The molecule has 94 valence electrons. The van der Waals surface area contributed by atoms with Crippen molar-refractivity contribution in [2.45, 2.75) is 31.2 Å². The standard InChI is InChI=1S/C13H19NO2S/c1-5-9(2)14-13(15)11-7-6-10(17-4)8-12(11)16-3/h6-9H,5H2,1-4H3,(H,14,15). The molecule has 1 N–H and O–H groups in total. The summed E-state index contributed by atoms with van der Waals surface area (Å²) in [5, 5.41) is 2.93. The summed E-state index contributed by atoms with van der Waals surface area (Å²) in [5.41, 5.74) is 0.589. The van der Waals surface area contributed by atoms with Crippen LogP contribution < -0.4 is 10.1 Å². The maximum atomic E-state index is 12.0. The van der Waals surface area contributed by atoms with Crippen molar-refractivity contribution in [1.82, 2.24) is 5.32 Å². The Balaban J connectivity index is 2.93. The average molecular weight is 253 g/mol. The molecule has 0 bridgehead atoms. The van der Waals surface area contributed by atoms with E-state index < -0.39 is 0 Å². The summed E-state index contributed by atoms with van der Waals surface area (Å²) in [5.74, 6) is 0.543. The number of carbonyl (C=O) groups is 1. The number of hydrogen-bond donors (Lipinski definition) is 1. The summed E-state index contributed by atoms with van der Waals surface area (Å²) >= 11 is 1.63. The van der Waals surface area contributed by atoms with Crippen molar-refractivity contribution >= 4 is 17.7 Å². The van der Waals surface area contributed by atoms with Gasteiger partial charge < -0.3 is 10.1 Å². The highest BCUT2D eigenvalue weighted by Gasteiger charge is 2.14. The van der Waals surface area contributed by atoms with Gasteiger partial charge in [-0.1, -0.05) is 6.92 Å². The maximum Gasteiger partial charge on any atom is 0.255 e. The van der Waals surface area contributed by atoms with Gasteiger partial charge in [0.05, 0.1) is 12.7 Å². The van der Waals surface area contributed by atoms with E-state index in [-0.39, 0.29) is 11.9 Å². The predicted molar refractivity (Wildman–Crippen MR) is 72.0 cm³/mol. The van der Waals surface area contributed by atoms with Gasteiger partial charge in [0.15, 0.2) is 0 Å². The lowest BCUT2D eigenvalue weighted by atomic mass is 10.1. The second-order valence-corrected chi connectivity index (χ2v) is 4.73. The number of benzene rings is 1. The Labute approximate surface area is 107 Å². The minimum Gasteiger partial charge on any atom is -0.496 e. The Morgan fingerprint density at radius 1 is 1.53 bits per heavy atom. The van der Waals surface area contributed by atoms with E-state index in [0.717, 1.165) is 11.3 Å². The van der Waals surface area contributed by atoms with E-state index in [1.807, 2.05) is 38.3 Å². The fraction of sp³-hybridized carbons (Fsp3) is 0.462. The number of rotatable bonds is 5. The Morgan fingerprint density at radius 2 is 2.24 bits per heavy atom. The van der Waals surface area contributed by atoms with Gasteiger partial charge >= 0.3 is 0 Å². The summed E-state index contributed by atoms with van der Waals surface area (Å²) < 4.78 is 5.25. The van der Waals surface area contributed by atoms with Gasteiger partial charge in [0, 0.05) is 10.9 Å². The molecule has 17 heavy (non-hydrogen) atoms. The molecule has 0 fully saturated rings. The van der Waals surface area contributed by atoms with E-state index in [2.05, 4.69) is 5.32 Å². The molecule has 4 heteroatoms. The molecule has 0 heterocycles. The molecule has 0 spiro atoms. The van der Waals surface area contributed by atoms with Crippen molar-refractivity contribution in [3.8, 4) is 5.75 Å². The highest BCUT2D eigenvalue weighted by atomic mass is 32.2. The normalized spacial score (nSPS) is 12.0. The highest BCUT2D eigenvalue weighted by Crippen LogP contribution is 2.25. The smallest absolute Gasteiger partial charge is 0.255 e. The quantitative estimate of drug-likeness (QED) is 0.820. The fourth-order valence-electron chi connectivity index (χ4n) is 1.39. The Kier molecular flexibility index (Phi) is 5.35. The molecular formula is C13H19NO2S. The van der Waals surface area contributed by atoms with E-state index in [9.17, 15) is 4.79 Å². The van der Waals surface area contributed by atoms with Gasteiger partial charge in [-0.3, -0.25) is 4.79 Å². The molecule has 0 aromatic heterocycles. The van der Waals surface area contributed by atoms with Gasteiger partial charge in [-0.05, 0) is 37.8 Å². The third-order valence-corrected chi connectivity index (χ3v) is 3.37. The minimum atomic E-state index is -0.0798. The van der Waals surface area contributed by atoms with E-state index >= 15 is 0 Å². The second-order valence-electron chi connectivity index (χ2n) is 3.85. The summed E-state index contributed by atoms with van der Waals surface area (Å²) in [6, 6.07) is 5.80. The van der Waals surface area contributed by atoms with Gasteiger partial charge in [0.1, 0.15) is 5.75 Å². The molecule has 0 aliphatic rings. The van der Waals surface area contributed by atoms with Gasteiger partial charge in [-0.25, -0.2) is 0 Å². The van der Waals surface area contributed by atoms with Crippen LogP contribution in [0.2, 0.25) is 0 Å². The third-order valence-electron chi connectivity index (χ3n) is 2.64. The Bertz CT molecular complexity index is 393. The molecule has 0 saturated carbocycles. The summed E-state index contributed by atoms with van der Waals surface area (Å²) in [6.45, 7) is 4.03. The number of amides is 1. The van der Waals surface area contributed by atoms with Crippen molar-refractivity contribution in [2.24, 2.45) is 0 Å². The zero-order valence-electron chi connectivity index (χ0n) is 10.7. The topological polar surface area (TPSA) is 38.3 Å². The molecule has 0 aliphatic carbocycles. The molecule has 0 aliphatic heterocycles. The van der Waals surface area contributed by atoms with Crippen LogP contribution in [0.5, 0.6) is 5.75 Å². The fourth-order valence-corrected chi connectivity index (χ4v) is 1.82. The van der Waals surface area contributed by atoms with Crippen LogP contribution in [0.1, 0.15) is 30.6 Å². The van der Waals surface area contributed by atoms with Gasteiger partial charge in [0.2, 0.25) is 0 Å². The summed E-state index contributed by atoms with van der Waals surface area (Å²) in [7, 11) is 1.58. The number of ether oxygens (including phenoxy) is 1.